The fraction of sp³-hybridized carbons (Fsp3) is 0.0769. The van der Waals surface area contributed by atoms with Crippen molar-refractivity contribution in [3.63, 3.8) is 0 Å². The van der Waals surface area contributed by atoms with E-state index in [0.717, 1.165) is 0 Å². The molecule has 0 saturated heterocycles. The predicted molar refractivity (Wildman–Crippen MR) is 74.4 cm³/mol. The smallest absolute Gasteiger partial charge is 0.258 e. The predicted octanol–water partition coefficient (Wildman–Crippen LogP) is 2.46. The first-order valence-corrected chi connectivity index (χ1v) is 6.26. The number of benzene rings is 1. The molecule has 0 radical (unpaired) electrons. The Kier molecular flexibility index (Phi) is 3.68. The lowest BCUT2D eigenvalue weighted by atomic mass is 10.1. The van der Waals surface area contributed by atoms with Gasteiger partial charge in [0, 0.05) is 11.8 Å². The number of carbonyl (C=O) groups is 1. The quantitative estimate of drug-likeness (QED) is 0.841. The lowest BCUT2D eigenvalue weighted by Gasteiger charge is -2.08. The van der Waals surface area contributed by atoms with E-state index >= 15 is 0 Å². The summed E-state index contributed by atoms with van der Waals surface area (Å²) in [4.78, 5) is 12.1. The van der Waals surface area contributed by atoms with E-state index in [2.05, 4.69) is 5.32 Å². The average Bonchev–Trinajstić information content (AvgIpc) is 2.85. The van der Waals surface area contributed by atoms with Crippen LogP contribution in [0, 0.1) is 11.3 Å². The maximum absolute atomic E-state index is 12.1. The van der Waals surface area contributed by atoms with Crippen LogP contribution >= 0.6 is 11.3 Å². The minimum atomic E-state index is -0.348. The Morgan fingerprint density at radius 3 is 2.89 bits per heavy atom. The molecule has 6 heteroatoms. The Labute approximate surface area is 114 Å². The van der Waals surface area contributed by atoms with Crippen LogP contribution in [0.2, 0.25) is 0 Å². The van der Waals surface area contributed by atoms with Crippen LogP contribution in [0.25, 0.3) is 0 Å². The molecule has 0 bridgehead atoms. The van der Waals surface area contributed by atoms with Crippen LogP contribution in [-0.2, 0) is 0 Å². The van der Waals surface area contributed by atoms with Gasteiger partial charge < -0.3 is 15.8 Å². The topological polar surface area (TPSA) is 88.1 Å². The molecule has 0 aliphatic heterocycles. The van der Waals surface area contributed by atoms with Crippen LogP contribution in [0.5, 0.6) is 5.75 Å². The molecule has 0 fully saturated rings. The second-order valence-electron chi connectivity index (χ2n) is 3.68. The molecule has 2 rings (SSSR count). The molecule has 0 aliphatic rings. The van der Waals surface area contributed by atoms with E-state index in [9.17, 15) is 4.79 Å². The zero-order valence-electron chi connectivity index (χ0n) is 10.1. The summed E-state index contributed by atoms with van der Waals surface area (Å²) >= 11 is 1.29. The van der Waals surface area contributed by atoms with Gasteiger partial charge in [0.1, 0.15) is 16.8 Å². The molecule has 2 aromatic rings. The molecule has 1 aromatic carbocycles. The van der Waals surface area contributed by atoms with Gasteiger partial charge in [-0.05, 0) is 23.6 Å². The Morgan fingerprint density at radius 1 is 1.47 bits per heavy atom. The first-order valence-electron chi connectivity index (χ1n) is 5.38. The van der Waals surface area contributed by atoms with Gasteiger partial charge in [0.25, 0.3) is 5.91 Å². The Morgan fingerprint density at radius 2 is 2.26 bits per heavy atom. The van der Waals surface area contributed by atoms with E-state index in [1.165, 1.54) is 18.4 Å². The number of hydrogen-bond donors (Lipinski definition) is 2. The molecule has 3 N–H and O–H groups in total. The van der Waals surface area contributed by atoms with Crippen LogP contribution in [0.1, 0.15) is 15.9 Å². The second kappa shape index (κ2) is 5.42. The molecule has 0 atom stereocenters. The van der Waals surface area contributed by atoms with Crippen molar-refractivity contribution in [2.24, 2.45) is 0 Å². The van der Waals surface area contributed by atoms with Crippen molar-refractivity contribution in [3.8, 4) is 11.8 Å². The van der Waals surface area contributed by atoms with Gasteiger partial charge in [-0.1, -0.05) is 0 Å². The third kappa shape index (κ3) is 2.67. The molecular formula is C13H11N3O2S. The number of thiophene rings is 1. The Balaban J connectivity index is 2.24. The first-order chi connectivity index (χ1) is 9.15. The number of nitrogens with two attached hydrogens (primary N) is 1. The average molecular weight is 273 g/mol. The van der Waals surface area contributed by atoms with Crippen LogP contribution in [0.3, 0.4) is 0 Å². The number of hydrogen-bond acceptors (Lipinski definition) is 5. The number of nitrogen functional groups attached to an aromatic ring is 1. The third-order valence-corrected chi connectivity index (χ3v) is 3.35. The molecule has 0 unspecified atom stereocenters. The van der Waals surface area contributed by atoms with Gasteiger partial charge in [-0.3, -0.25) is 4.79 Å². The first kappa shape index (κ1) is 12.9. The minimum Gasteiger partial charge on any atom is -0.497 e. The Hall–Kier alpha value is -2.52. The fourth-order valence-electron chi connectivity index (χ4n) is 1.54. The van der Waals surface area contributed by atoms with Gasteiger partial charge in [-0.25, -0.2) is 0 Å². The van der Waals surface area contributed by atoms with Crippen molar-refractivity contribution < 1.29 is 9.53 Å². The second-order valence-corrected chi connectivity index (χ2v) is 4.60. The van der Waals surface area contributed by atoms with Gasteiger partial charge in [0.15, 0.2) is 0 Å². The standard InChI is InChI=1S/C13H11N3O2S/c1-18-9-2-3-10(11(15)6-9)12(17)16-13-8(7-14)4-5-19-13/h2-6H,15H2,1H3,(H,16,17). The zero-order chi connectivity index (χ0) is 13.8. The SMILES string of the molecule is COc1ccc(C(=O)Nc2sccc2C#N)c(N)c1. The van der Waals surface area contributed by atoms with E-state index in [1.54, 1.807) is 29.6 Å². The highest BCUT2D eigenvalue weighted by molar-refractivity contribution is 7.14. The number of nitrogens with zero attached hydrogens (tertiary/aromatic N) is 1. The molecule has 0 saturated carbocycles. The summed E-state index contributed by atoms with van der Waals surface area (Å²) < 4.78 is 5.02. The normalized spacial score (nSPS) is 9.68. The summed E-state index contributed by atoms with van der Waals surface area (Å²) in [6.45, 7) is 0. The van der Waals surface area contributed by atoms with Crippen LogP contribution in [-0.4, -0.2) is 13.0 Å². The van der Waals surface area contributed by atoms with Crippen molar-refractivity contribution in [3.05, 3.63) is 40.8 Å². The summed E-state index contributed by atoms with van der Waals surface area (Å²) in [7, 11) is 1.53. The monoisotopic (exact) mass is 273 g/mol. The van der Waals surface area contributed by atoms with E-state index in [4.69, 9.17) is 15.7 Å². The number of nitriles is 1. The number of nitrogens with one attached hydrogen (secondary N) is 1. The summed E-state index contributed by atoms with van der Waals surface area (Å²) in [6, 6.07) is 8.48. The number of rotatable bonds is 3. The van der Waals surface area contributed by atoms with Gasteiger partial charge in [-0.15, -0.1) is 11.3 Å². The van der Waals surface area contributed by atoms with Crippen molar-refractivity contribution in [2.75, 3.05) is 18.2 Å². The summed E-state index contributed by atoms with van der Waals surface area (Å²) in [6.07, 6.45) is 0. The lowest BCUT2D eigenvalue weighted by Crippen LogP contribution is -2.13. The number of anilines is 2. The van der Waals surface area contributed by atoms with Gasteiger partial charge in [0.2, 0.25) is 0 Å². The minimum absolute atomic E-state index is 0.326. The van der Waals surface area contributed by atoms with Crippen LogP contribution < -0.4 is 15.8 Å². The molecule has 1 aromatic heterocycles. The van der Waals surface area contributed by atoms with Gasteiger partial charge in [-0.2, -0.15) is 5.26 Å². The van der Waals surface area contributed by atoms with Crippen molar-refractivity contribution in [1.29, 1.82) is 5.26 Å². The molecule has 5 nitrogen and oxygen atoms in total. The highest BCUT2D eigenvalue weighted by Crippen LogP contribution is 2.25. The third-order valence-electron chi connectivity index (χ3n) is 2.52. The van der Waals surface area contributed by atoms with Crippen LogP contribution in [0.15, 0.2) is 29.6 Å². The maximum Gasteiger partial charge on any atom is 0.258 e. The van der Waals surface area contributed by atoms with E-state index in [1.807, 2.05) is 6.07 Å². The largest absolute Gasteiger partial charge is 0.497 e. The van der Waals surface area contributed by atoms with Crippen molar-refractivity contribution in [1.82, 2.24) is 0 Å². The molecular weight excluding hydrogens is 262 g/mol. The zero-order valence-corrected chi connectivity index (χ0v) is 11.0. The number of ether oxygens (including phenoxy) is 1. The molecule has 1 amide bonds. The molecule has 19 heavy (non-hydrogen) atoms. The number of amides is 1. The van der Waals surface area contributed by atoms with E-state index in [0.29, 0.717) is 27.6 Å². The van der Waals surface area contributed by atoms with E-state index < -0.39 is 0 Å². The van der Waals surface area contributed by atoms with Gasteiger partial charge >= 0.3 is 0 Å². The molecule has 0 aliphatic carbocycles. The summed E-state index contributed by atoms with van der Waals surface area (Å²) in [5, 5.41) is 13.8. The summed E-state index contributed by atoms with van der Waals surface area (Å²) in [5.74, 6) is 0.238. The van der Waals surface area contributed by atoms with E-state index in [-0.39, 0.29) is 5.91 Å². The Bertz CT molecular complexity index is 658. The lowest BCUT2D eigenvalue weighted by molar-refractivity contribution is 0.102. The highest BCUT2D eigenvalue weighted by atomic mass is 32.1. The molecule has 96 valence electrons. The molecule has 0 spiro atoms. The summed E-state index contributed by atoms with van der Waals surface area (Å²) in [5.41, 5.74) is 6.90. The number of carbonyl (C=O) groups excluding carboxylic acids is 1. The molecule has 1 heterocycles. The fourth-order valence-corrected chi connectivity index (χ4v) is 2.27. The van der Waals surface area contributed by atoms with Gasteiger partial charge in [0.05, 0.1) is 18.2 Å². The van der Waals surface area contributed by atoms with Crippen molar-refractivity contribution >= 4 is 27.9 Å². The highest BCUT2D eigenvalue weighted by Gasteiger charge is 2.13. The number of methoxy groups -OCH3 is 1. The van der Waals surface area contributed by atoms with Crippen molar-refractivity contribution in [2.45, 2.75) is 0 Å². The van der Waals surface area contributed by atoms with Crippen LogP contribution in [0.4, 0.5) is 10.7 Å². The maximum atomic E-state index is 12.1.